The average Bonchev–Trinajstić information content (AvgIpc) is 2.34. The van der Waals surface area contributed by atoms with E-state index in [4.69, 9.17) is 10.8 Å². The monoisotopic (exact) mass is 339 g/mol. The number of aliphatic hydroxyl groups excluding tert-OH is 1. The Labute approximate surface area is 122 Å². The van der Waals surface area contributed by atoms with Crippen molar-refractivity contribution in [2.45, 2.75) is 24.5 Å². The lowest BCUT2D eigenvalue weighted by Crippen LogP contribution is -2.39. The minimum absolute atomic E-state index is 0. The molecule has 2 atom stereocenters. The Balaban J connectivity index is 0.00000400. The molecule has 10 heteroatoms. The molecule has 0 spiro atoms. The van der Waals surface area contributed by atoms with E-state index >= 15 is 0 Å². The predicted molar refractivity (Wildman–Crippen MR) is 64.2 cm³/mol. The standard InChI is InChI=1S/C11H11F6NO2.ClH/c1-20-7-4-5(10(12,13)14)2-3-6(7)8(18)9(19)11(15,16)17;/h2-4,8-9,19H,18H2,1H3;1H/t8-,9-;/m0./s1. The number of ether oxygens (including phenoxy) is 1. The highest BCUT2D eigenvalue weighted by Gasteiger charge is 2.43. The summed E-state index contributed by atoms with van der Waals surface area (Å²) in [5.41, 5.74) is 3.77. The van der Waals surface area contributed by atoms with Gasteiger partial charge in [-0.3, -0.25) is 0 Å². The zero-order valence-electron chi connectivity index (χ0n) is 10.5. The third kappa shape index (κ3) is 4.65. The van der Waals surface area contributed by atoms with Gasteiger partial charge < -0.3 is 15.6 Å². The van der Waals surface area contributed by atoms with Crippen molar-refractivity contribution in [1.29, 1.82) is 0 Å². The first kappa shape index (κ1) is 19.8. The molecule has 0 amide bonds. The molecule has 0 unspecified atom stereocenters. The van der Waals surface area contributed by atoms with Crippen LogP contribution in [0.5, 0.6) is 5.75 Å². The van der Waals surface area contributed by atoms with Gasteiger partial charge in [-0.05, 0) is 12.1 Å². The lowest BCUT2D eigenvalue weighted by atomic mass is 9.99. The number of hydrogen-bond donors (Lipinski definition) is 2. The van der Waals surface area contributed by atoms with Gasteiger partial charge in [0.05, 0.1) is 18.7 Å². The first-order valence-corrected chi connectivity index (χ1v) is 5.24. The Morgan fingerprint density at radius 1 is 1.14 bits per heavy atom. The largest absolute Gasteiger partial charge is 0.496 e. The zero-order chi connectivity index (χ0) is 15.7. The van der Waals surface area contributed by atoms with Gasteiger partial charge in [0.25, 0.3) is 0 Å². The minimum atomic E-state index is -4.99. The van der Waals surface area contributed by atoms with Crippen LogP contribution >= 0.6 is 12.4 Å². The average molecular weight is 340 g/mol. The van der Waals surface area contributed by atoms with Crippen LogP contribution in [0.25, 0.3) is 0 Å². The highest BCUT2D eigenvalue weighted by atomic mass is 35.5. The van der Waals surface area contributed by atoms with Crippen molar-refractivity contribution in [2.75, 3.05) is 7.11 Å². The van der Waals surface area contributed by atoms with Crippen molar-refractivity contribution < 1.29 is 36.2 Å². The maximum absolute atomic E-state index is 12.5. The van der Waals surface area contributed by atoms with E-state index in [1.807, 2.05) is 0 Å². The third-order valence-electron chi connectivity index (χ3n) is 2.60. The molecule has 1 aromatic carbocycles. The molecule has 0 saturated carbocycles. The van der Waals surface area contributed by atoms with Crippen LogP contribution in [0.4, 0.5) is 26.3 Å². The van der Waals surface area contributed by atoms with Crippen LogP contribution in [0.3, 0.4) is 0 Å². The molecule has 1 aromatic rings. The lowest BCUT2D eigenvalue weighted by Gasteiger charge is -2.23. The quantitative estimate of drug-likeness (QED) is 0.832. The van der Waals surface area contributed by atoms with E-state index in [0.717, 1.165) is 13.2 Å². The fourth-order valence-corrected chi connectivity index (χ4v) is 1.54. The fraction of sp³-hybridized carbons (Fsp3) is 0.455. The van der Waals surface area contributed by atoms with Gasteiger partial charge in [-0.25, -0.2) is 0 Å². The van der Waals surface area contributed by atoms with Crippen LogP contribution < -0.4 is 10.5 Å². The number of aliphatic hydroxyl groups is 1. The molecule has 0 fully saturated rings. The summed E-state index contributed by atoms with van der Waals surface area (Å²) >= 11 is 0. The summed E-state index contributed by atoms with van der Waals surface area (Å²) in [6, 6.07) is -0.104. The summed E-state index contributed by atoms with van der Waals surface area (Å²) in [5.74, 6) is -0.476. The normalized spacial score (nSPS) is 15.1. The van der Waals surface area contributed by atoms with Gasteiger partial charge in [-0.1, -0.05) is 6.07 Å². The van der Waals surface area contributed by atoms with E-state index in [9.17, 15) is 26.3 Å². The van der Waals surface area contributed by atoms with Crippen LogP contribution in [-0.2, 0) is 6.18 Å². The number of halogens is 7. The molecule has 3 nitrogen and oxygen atoms in total. The molecule has 0 heterocycles. The van der Waals surface area contributed by atoms with Crippen molar-refractivity contribution in [2.24, 2.45) is 5.73 Å². The summed E-state index contributed by atoms with van der Waals surface area (Å²) in [7, 11) is 0.992. The molecule has 122 valence electrons. The highest BCUT2D eigenvalue weighted by molar-refractivity contribution is 5.85. The maximum atomic E-state index is 12.5. The molecule has 3 N–H and O–H groups in total. The fourth-order valence-electron chi connectivity index (χ4n) is 1.54. The SMILES string of the molecule is COc1cc(C(F)(F)F)ccc1[C@H](N)[C@H](O)C(F)(F)F.Cl. The Morgan fingerprint density at radius 2 is 1.67 bits per heavy atom. The second-order valence-corrected chi connectivity index (χ2v) is 3.97. The molecule has 0 saturated heterocycles. The Kier molecular flexibility index (Phi) is 6.33. The van der Waals surface area contributed by atoms with Gasteiger partial charge in [0.2, 0.25) is 0 Å². The van der Waals surface area contributed by atoms with E-state index in [-0.39, 0.29) is 18.0 Å². The van der Waals surface area contributed by atoms with Gasteiger partial charge in [0.1, 0.15) is 5.75 Å². The molecule has 0 aliphatic rings. The second-order valence-electron chi connectivity index (χ2n) is 3.97. The van der Waals surface area contributed by atoms with Gasteiger partial charge in [-0.15, -0.1) is 12.4 Å². The smallest absolute Gasteiger partial charge is 0.416 e. The van der Waals surface area contributed by atoms with Crippen molar-refractivity contribution in [1.82, 2.24) is 0 Å². The molecule has 0 aromatic heterocycles. The number of benzene rings is 1. The van der Waals surface area contributed by atoms with E-state index < -0.39 is 35.8 Å². The van der Waals surface area contributed by atoms with Gasteiger partial charge in [-0.2, -0.15) is 26.3 Å². The first-order valence-electron chi connectivity index (χ1n) is 5.24. The van der Waals surface area contributed by atoms with Crippen molar-refractivity contribution >= 4 is 12.4 Å². The summed E-state index contributed by atoms with van der Waals surface area (Å²) < 4.78 is 79.0. The first-order chi connectivity index (χ1) is 8.98. The van der Waals surface area contributed by atoms with Crippen LogP contribution in [-0.4, -0.2) is 24.5 Å². The highest BCUT2D eigenvalue weighted by Crippen LogP contribution is 2.37. The maximum Gasteiger partial charge on any atom is 0.416 e. The van der Waals surface area contributed by atoms with E-state index in [2.05, 4.69) is 4.74 Å². The molecule has 0 bridgehead atoms. The predicted octanol–water partition coefficient (Wildman–Crippen LogP) is 3.06. The van der Waals surface area contributed by atoms with Gasteiger partial charge >= 0.3 is 12.4 Å². The van der Waals surface area contributed by atoms with Crippen LogP contribution in [0.15, 0.2) is 18.2 Å². The number of nitrogens with two attached hydrogens (primary N) is 1. The Bertz CT molecular complexity index is 477. The molecule has 1 rings (SSSR count). The number of rotatable bonds is 3. The van der Waals surface area contributed by atoms with E-state index in [1.165, 1.54) is 0 Å². The summed E-state index contributed by atoms with van der Waals surface area (Å²) in [6.45, 7) is 0. The number of methoxy groups -OCH3 is 1. The van der Waals surface area contributed by atoms with E-state index in [0.29, 0.717) is 12.1 Å². The summed E-state index contributed by atoms with van der Waals surface area (Å²) in [4.78, 5) is 0. The lowest BCUT2D eigenvalue weighted by molar-refractivity contribution is -0.210. The van der Waals surface area contributed by atoms with Crippen molar-refractivity contribution in [3.05, 3.63) is 29.3 Å². The Morgan fingerprint density at radius 3 is 2.05 bits per heavy atom. The number of hydrogen-bond acceptors (Lipinski definition) is 3. The summed E-state index contributed by atoms with van der Waals surface area (Å²) in [5, 5.41) is 9.03. The molecular weight excluding hydrogens is 328 g/mol. The molecule has 0 aliphatic carbocycles. The molecular formula is C11H12ClF6NO2. The van der Waals surface area contributed by atoms with E-state index in [1.54, 1.807) is 0 Å². The van der Waals surface area contributed by atoms with Crippen LogP contribution in [0.2, 0.25) is 0 Å². The number of alkyl halides is 6. The van der Waals surface area contributed by atoms with Crippen molar-refractivity contribution in [3.63, 3.8) is 0 Å². The van der Waals surface area contributed by atoms with Gasteiger partial charge in [0, 0.05) is 5.56 Å². The molecule has 21 heavy (non-hydrogen) atoms. The second kappa shape index (κ2) is 6.71. The summed E-state index contributed by atoms with van der Waals surface area (Å²) in [6.07, 6.45) is -12.6. The minimum Gasteiger partial charge on any atom is -0.496 e. The third-order valence-corrected chi connectivity index (χ3v) is 2.60. The van der Waals surface area contributed by atoms with Crippen LogP contribution in [0.1, 0.15) is 17.2 Å². The van der Waals surface area contributed by atoms with Crippen LogP contribution in [0, 0.1) is 0 Å². The van der Waals surface area contributed by atoms with Crippen molar-refractivity contribution in [3.8, 4) is 5.75 Å². The zero-order valence-corrected chi connectivity index (χ0v) is 11.3. The topological polar surface area (TPSA) is 55.5 Å². The van der Waals surface area contributed by atoms with Gasteiger partial charge in [0.15, 0.2) is 6.10 Å². The molecule has 0 aliphatic heterocycles. The molecule has 0 radical (unpaired) electrons. The Hall–Kier alpha value is -1.19.